The fourth-order valence-corrected chi connectivity index (χ4v) is 3.22. The number of anilines is 3. The molecule has 1 amide bonds. The van der Waals surface area contributed by atoms with Crippen molar-refractivity contribution in [2.24, 2.45) is 0 Å². The van der Waals surface area contributed by atoms with Gasteiger partial charge >= 0.3 is 0 Å². The van der Waals surface area contributed by atoms with Gasteiger partial charge in [-0.3, -0.25) is 4.79 Å². The van der Waals surface area contributed by atoms with Gasteiger partial charge < -0.3 is 19.5 Å². The van der Waals surface area contributed by atoms with Gasteiger partial charge in [0.25, 0.3) is 5.91 Å². The number of hydrogen-bond donors (Lipinski definition) is 1. The molecule has 1 saturated heterocycles. The smallest absolute Gasteiger partial charge is 0.289 e. The molecule has 0 saturated carbocycles. The normalized spacial score (nSPS) is 14.2. The molecule has 0 unspecified atom stereocenters. The lowest BCUT2D eigenvalue weighted by atomic mass is 10.2. The average molecular weight is 399 g/mol. The highest BCUT2D eigenvalue weighted by Gasteiger charge is 2.25. The predicted molar refractivity (Wildman–Crippen MR) is 103 cm³/mol. The minimum absolute atomic E-state index is 0.147. The van der Waals surface area contributed by atoms with Crippen LogP contribution in [-0.4, -0.2) is 47.0 Å². The molecule has 3 aromatic rings. The first kappa shape index (κ1) is 18.9. The molecular formula is C20H19F2N5O2. The maximum atomic E-state index is 13.9. The Bertz CT molecular complexity index is 997. The van der Waals surface area contributed by atoms with Crippen LogP contribution in [0.25, 0.3) is 0 Å². The van der Waals surface area contributed by atoms with E-state index in [2.05, 4.69) is 15.3 Å². The Morgan fingerprint density at radius 2 is 1.79 bits per heavy atom. The number of hydrogen-bond acceptors (Lipinski definition) is 6. The monoisotopic (exact) mass is 399 g/mol. The van der Waals surface area contributed by atoms with Gasteiger partial charge in [-0.25, -0.2) is 18.7 Å². The van der Waals surface area contributed by atoms with Gasteiger partial charge in [0.15, 0.2) is 5.76 Å². The van der Waals surface area contributed by atoms with E-state index in [1.807, 2.05) is 4.90 Å². The first-order valence-electron chi connectivity index (χ1n) is 9.16. The second-order valence-corrected chi connectivity index (χ2v) is 6.64. The maximum Gasteiger partial charge on any atom is 0.289 e. The number of rotatable bonds is 4. The highest BCUT2D eigenvalue weighted by molar-refractivity contribution is 5.91. The SMILES string of the molecule is Cc1nc(Nc2c(F)cccc2F)cc(N2CCN(C(=O)c3ccco3)CC2)n1. The molecule has 1 fully saturated rings. The summed E-state index contributed by atoms with van der Waals surface area (Å²) in [4.78, 5) is 24.8. The second-order valence-electron chi connectivity index (χ2n) is 6.64. The number of nitrogens with one attached hydrogen (secondary N) is 1. The number of aromatic nitrogens is 2. The van der Waals surface area contributed by atoms with E-state index in [1.54, 1.807) is 30.0 Å². The van der Waals surface area contributed by atoms with E-state index < -0.39 is 11.6 Å². The highest BCUT2D eigenvalue weighted by Crippen LogP contribution is 2.25. The van der Waals surface area contributed by atoms with Gasteiger partial charge in [0.2, 0.25) is 0 Å². The van der Waals surface area contributed by atoms with Crippen LogP contribution < -0.4 is 10.2 Å². The van der Waals surface area contributed by atoms with Gasteiger partial charge in [-0.1, -0.05) is 6.07 Å². The zero-order chi connectivity index (χ0) is 20.4. The highest BCUT2D eigenvalue weighted by atomic mass is 19.1. The van der Waals surface area contributed by atoms with E-state index in [1.165, 1.54) is 24.5 Å². The lowest BCUT2D eigenvalue weighted by Crippen LogP contribution is -2.49. The first-order chi connectivity index (χ1) is 14.0. The molecule has 2 aromatic heterocycles. The molecular weight excluding hydrogens is 380 g/mol. The van der Waals surface area contributed by atoms with Crippen molar-refractivity contribution in [2.45, 2.75) is 6.92 Å². The number of halogens is 2. The number of carbonyl (C=O) groups is 1. The quantitative estimate of drug-likeness (QED) is 0.725. The molecule has 150 valence electrons. The summed E-state index contributed by atoms with van der Waals surface area (Å²) in [7, 11) is 0. The Balaban J connectivity index is 1.48. The van der Waals surface area contributed by atoms with E-state index >= 15 is 0 Å². The van der Waals surface area contributed by atoms with Crippen molar-refractivity contribution in [3.8, 4) is 0 Å². The van der Waals surface area contributed by atoms with Crippen LogP contribution in [0.15, 0.2) is 47.1 Å². The third-order valence-corrected chi connectivity index (χ3v) is 4.66. The number of aryl methyl sites for hydroxylation is 1. The third kappa shape index (κ3) is 4.03. The van der Waals surface area contributed by atoms with E-state index in [-0.39, 0.29) is 11.6 Å². The number of para-hydroxylation sites is 1. The van der Waals surface area contributed by atoms with Crippen LogP contribution in [0, 0.1) is 18.6 Å². The Hall–Kier alpha value is -3.49. The minimum Gasteiger partial charge on any atom is -0.459 e. The number of carbonyl (C=O) groups excluding carboxylic acids is 1. The zero-order valence-electron chi connectivity index (χ0n) is 15.7. The molecule has 0 spiro atoms. The molecule has 1 aromatic carbocycles. The van der Waals surface area contributed by atoms with Crippen LogP contribution in [0.2, 0.25) is 0 Å². The predicted octanol–water partition coefficient (Wildman–Crippen LogP) is 3.36. The summed E-state index contributed by atoms with van der Waals surface area (Å²) >= 11 is 0. The maximum absolute atomic E-state index is 13.9. The van der Waals surface area contributed by atoms with E-state index in [0.717, 1.165) is 0 Å². The van der Waals surface area contributed by atoms with Crippen molar-refractivity contribution < 1.29 is 18.0 Å². The fourth-order valence-electron chi connectivity index (χ4n) is 3.22. The molecule has 9 heteroatoms. The van der Waals surface area contributed by atoms with Crippen molar-refractivity contribution in [3.63, 3.8) is 0 Å². The van der Waals surface area contributed by atoms with E-state index in [9.17, 15) is 13.6 Å². The van der Waals surface area contributed by atoms with Crippen LogP contribution in [0.5, 0.6) is 0 Å². The average Bonchev–Trinajstić information content (AvgIpc) is 3.25. The summed E-state index contributed by atoms with van der Waals surface area (Å²) in [6, 6.07) is 8.62. The standard InChI is InChI=1S/C20H19F2N5O2/c1-13-23-17(25-19-14(21)4-2-5-15(19)22)12-18(24-13)26-7-9-27(10-8-26)20(28)16-6-3-11-29-16/h2-6,11-12H,7-10H2,1H3,(H,23,24,25). The van der Waals surface area contributed by atoms with Crippen LogP contribution in [0.1, 0.15) is 16.4 Å². The Morgan fingerprint density at radius 1 is 1.07 bits per heavy atom. The van der Waals surface area contributed by atoms with Gasteiger partial charge in [0.1, 0.15) is 34.8 Å². The molecule has 0 bridgehead atoms. The van der Waals surface area contributed by atoms with Crippen LogP contribution in [0.3, 0.4) is 0 Å². The molecule has 1 aliphatic heterocycles. The molecule has 0 atom stereocenters. The van der Waals surface area contributed by atoms with Gasteiger partial charge in [0.05, 0.1) is 6.26 Å². The summed E-state index contributed by atoms with van der Waals surface area (Å²) in [5, 5.41) is 2.70. The Morgan fingerprint density at radius 3 is 2.45 bits per heavy atom. The summed E-state index contributed by atoms with van der Waals surface area (Å²) in [5.74, 6) is 0.157. The van der Waals surface area contributed by atoms with Crippen molar-refractivity contribution in [1.82, 2.24) is 14.9 Å². The van der Waals surface area contributed by atoms with Crippen molar-refractivity contribution in [2.75, 3.05) is 36.4 Å². The van der Waals surface area contributed by atoms with Crippen LogP contribution >= 0.6 is 0 Å². The van der Waals surface area contributed by atoms with E-state index in [4.69, 9.17) is 4.42 Å². The largest absolute Gasteiger partial charge is 0.459 e. The Labute approximate surface area is 166 Å². The lowest BCUT2D eigenvalue weighted by Gasteiger charge is -2.35. The van der Waals surface area contributed by atoms with Crippen molar-refractivity contribution in [1.29, 1.82) is 0 Å². The summed E-state index contributed by atoms with van der Waals surface area (Å²) in [6.07, 6.45) is 1.47. The fraction of sp³-hybridized carbons (Fsp3) is 0.250. The van der Waals surface area contributed by atoms with Gasteiger partial charge in [-0.05, 0) is 31.2 Å². The molecule has 0 aliphatic carbocycles. The number of benzene rings is 1. The molecule has 1 aliphatic rings. The van der Waals surface area contributed by atoms with Gasteiger partial charge in [-0.15, -0.1) is 0 Å². The second kappa shape index (κ2) is 7.86. The number of amides is 1. The molecule has 4 rings (SSSR count). The van der Waals surface area contributed by atoms with Crippen LogP contribution in [-0.2, 0) is 0 Å². The molecule has 7 nitrogen and oxygen atoms in total. The molecule has 3 heterocycles. The van der Waals surface area contributed by atoms with E-state index in [0.29, 0.717) is 49.4 Å². The summed E-state index contributed by atoms with van der Waals surface area (Å²) < 4.78 is 33.0. The van der Waals surface area contributed by atoms with Crippen molar-refractivity contribution >= 4 is 23.2 Å². The van der Waals surface area contributed by atoms with Gasteiger partial charge in [-0.2, -0.15) is 0 Å². The first-order valence-corrected chi connectivity index (χ1v) is 9.16. The summed E-state index contributed by atoms with van der Waals surface area (Å²) in [5.41, 5.74) is -0.259. The number of nitrogens with zero attached hydrogens (tertiary/aromatic N) is 4. The Kier molecular flexibility index (Phi) is 5.11. The zero-order valence-corrected chi connectivity index (χ0v) is 15.7. The molecule has 1 N–H and O–H groups in total. The van der Waals surface area contributed by atoms with Gasteiger partial charge in [0, 0.05) is 32.2 Å². The number of furan rings is 1. The summed E-state index contributed by atoms with van der Waals surface area (Å²) in [6.45, 7) is 3.86. The third-order valence-electron chi connectivity index (χ3n) is 4.66. The van der Waals surface area contributed by atoms with Crippen molar-refractivity contribution in [3.05, 3.63) is 65.9 Å². The number of piperazine rings is 1. The molecule has 0 radical (unpaired) electrons. The molecule has 29 heavy (non-hydrogen) atoms. The minimum atomic E-state index is -0.701. The lowest BCUT2D eigenvalue weighted by molar-refractivity contribution is 0.0714. The topological polar surface area (TPSA) is 74.5 Å². The van der Waals surface area contributed by atoms with Crippen LogP contribution in [0.4, 0.5) is 26.1 Å².